The first kappa shape index (κ1) is 17.3. The van der Waals surface area contributed by atoms with Crippen molar-refractivity contribution < 1.29 is 19.4 Å². The number of hydrogen-bond donors (Lipinski definition) is 1. The van der Waals surface area contributed by atoms with E-state index in [4.69, 9.17) is 14.6 Å². The van der Waals surface area contributed by atoms with Gasteiger partial charge in [0, 0.05) is 26.6 Å². The minimum Gasteiger partial charge on any atom is -0.394 e. The SMILES string of the molecule is CO[C@@]12CC[C@H](OCCO)C[C@@H]1N(C(=O)CCn1cnnc1)CC2. The van der Waals surface area contributed by atoms with Crippen molar-refractivity contribution in [2.24, 2.45) is 0 Å². The Bertz CT molecular complexity index is 538. The molecule has 24 heavy (non-hydrogen) atoms. The number of aryl methyl sites for hydroxylation is 1. The lowest BCUT2D eigenvalue weighted by molar-refractivity contribution is -0.142. The van der Waals surface area contributed by atoms with E-state index in [1.54, 1.807) is 19.8 Å². The van der Waals surface area contributed by atoms with E-state index in [1.165, 1.54) is 0 Å². The summed E-state index contributed by atoms with van der Waals surface area (Å²) in [6, 6.07) is 0.0494. The fourth-order valence-electron chi connectivity index (χ4n) is 4.04. The molecule has 0 spiro atoms. The summed E-state index contributed by atoms with van der Waals surface area (Å²) in [5, 5.41) is 16.5. The molecule has 2 heterocycles. The average molecular weight is 338 g/mol. The molecule has 0 unspecified atom stereocenters. The van der Waals surface area contributed by atoms with Crippen LogP contribution in [0, 0.1) is 0 Å². The fraction of sp³-hybridized carbons (Fsp3) is 0.812. The number of rotatable bonds is 7. The molecule has 1 aliphatic carbocycles. The van der Waals surface area contributed by atoms with E-state index in [9.17, 15) is 4.79 Å². The predicted molar refractivity (Wildman–Crippen MR) is 85.2 cm³/mol. The molecule has 1 saturated heterocycles. The number of methoxy groups -OCH3 is 1. The second-order valence-electron chi connectivity index (χ2n) is 6.56. The number of hydrogen-bond acceptors (Lipinski definition) is 6. The molecule has 3 rings (SSSR count). The van der Waals surface area contributed by atoms with Gasteiger partial charge in [0.25, 0.3) is 0 Å². The second kappa shape index (κ2) is 7.58. The third-order valence-corrected chi connectivity index (χ3v) is 5.36. The van der Waals surface area contributed by atoms with E-state index in [0.717, 1.165) is 32.2 Å². The Kier molecular flexibility index (Phi) is 5.47. The molecule has 8 heteroatoms. The van der Waals surface area contributed by atoms with E-state index in [1.807, 2.05) is 9.47 Å². The molecule has 2 fully saturated rings. The van der Waals surface area contributed by atoms with Gasteiger partial charge in [0.1, 0.15) is 12.7 Å². The quantitative estimate of drug-likeness (QED) is 0.765. The number of carbonyl (C=O) groups is 1. The Labute approximate surface area is 141 Å². The summed E-state index contributed by atoms with van der Waals surface area (Å²) >= 11 is 0. The maximum Gasteiger partial charge on any atom is 0.224 e. The maximum atomic E-state index is 12.7. The van der Waals surface area contributed by atoms with Gasteiger partial charge in [-0.15, -0.1) is 10.2 Å². The second-order valence-corrected chi connectivity index (χ2v) is 6.56. The molecule has 1 aromatic rings. The van der Waals surface area contributed by atoms with Crippen LogP contribution in [0.25, 0.3) is 0 Å². The van der Waals surface area contributed by atoms with Gasteiger partial charge in [0.05, 0.1) is 31.0 Å². The van der Waals surface area contributed by atoms with Crippen LogP contribution >= 0.6 is 0 Å². The lowest BCUT2D eigenvalue weighted by Gasteiger charge is -2.43. The topological polar surface area (TPSA) is 89.7 Å². The normalized spacial score (nSPS) is 29.7. The van der Waals surface area contributed by atoms with Crippen molar-refractivity contribution in [3.63, 3.8) is 0 Å². The average Bonchev–Trinajstić information content (AvgIpc) is 3.25. The van der Waals surface area contributed by atoms with Crippen molar-refractivity contribution in [3.8, 4) is 0 Å². The summed E-state index contributed by atoms with van der Waals surface area (Å²) in [5.74, 6) is 0.135. The molecule has 3 atom stereocenters. The summed E-state index contributed by atoms with van der Waals surface area (Å²) in [4.78, 5) is 14.7. The summed E-state index contributed by atoms with van der Waals surface area (Å²) in [6.07, 6.45) is 7.19. The molecule has 134 valence electrons. The van der Waals surface area contributed by atoms with Gasteiger partial charge >= 0.3 is 0 Å². The first-order chi connectivity index (χ1) is 11.7. The fourth-order valence-corrected chi connectivity index (χ4v) is 4.04. The van der Waals surface area contributed by atoms with Crippen molar-refractivity contribution in [3.05, 3.63) is 12.7 Å². The largest absolute Gasteiger partial charge is 0.394 e. The lowest BCUT2D eigenvalue weighted by atomic mass is 9.79. The predicted octanol–water partition coefficient (Wildman–Crippen LogP) is 0.216. The van der Waals surface area contributed by atoms with Crippen LogP contribution in [-0.2, 0) is 20.8 Å². The summed E-state index contributed by atoms with van der Waals surface area (Å²) < 4.78 is 13.4. The summed E-state index contributed by atoms with van der Waals surface area (Å²) in [6.45, 7) is 1.68. The number of aliphatic hydroxyl groups is 1. The zero-order chi connectivity index (χ0) is 17.0. The van der Waals surface area contributed by atoms with Crippen LogP contribution in [0.4, 0.5) is 0 Å². The van der Waals surface area contributed by atoms with Crippen LogP contribution in [0.2, 0.25) is 0 Å². The molecule has 1 aliphatic heterocycles. The number of fused-ring (bicyclic) bond motifs is 1. The van der Waals surface area contributed by atoms with Crippen molar-refractivity contribution in [2.45, 2.75) is 56.4 Å². The number of carbonyl (C=O) groups excluding carboxylic acids is 1. The first-order valence-corrected chi connectivity index (χ1v) is 8.58. The van der Waals surface area contributed by atoms with E-state index < -0.39 is 0 Å². The number of likely N-dealkylation sites (tertiary alicyclic amines) is 1. The third-order valence-electron chi connectivity index (χ3n) is 5.36. The zero-order valence-corrected chi connectivity index (χ0v) is 14.1. The smallest absolute Gasteiger partial charge is 0.224 e. The molecule has 1 N–H and O–H groups in total. The maximum absolute atomic E-state index is 12.7. The molecule has 2 aliphatic rings. The highest BCUT2D eigenvalue weighted by Gasteiger charge is 2.52. The van der Waals surface area contributed by atoms with E-state index in [-0.39, 0.29) is 30.3 Å². The molecule has 8 nitrogen and oxygen atoms in total. The Morgan fingerprint density at radius 3 is 2.88 bits per heavy atom. The number of ether oxygens (including phenoxy) is 2. The van der Waals surface area contributed by atoms with E-state index >= 15 is 0 Å². The molecule has 1 aromatic heterocycles. The molecule has 1 amide bonds. The van der Waals surface area contributed by atoms with Gasteiger partial charge in [-0.25, -0.2) is 0 Å². The lowest BCUT2D eigenvalue weighted by Crippen LogP contribution is -2.53. The van der Waals surface area contributed by atoms with Gasteiger partial charge in [0.2, 0.25) is 5.91 Å². The molecule has 0 bridgehead atoms. The molecule has 0 aromatic carbocycles. The van der Waals surface area contributed by atoms with Crippen LogP contribution in [0.3, 0.4) is 0 Å². The molecule has 0 radical (unpaired) electrons. The minimum absolute atomic E-state index is 0.0260. The van der Waals surface area contributed by atoms with Gasteiger partial charge in [0.15, 0.2) is 0 Å². The number of aromatic nitrogens is 3. The number of aliphatic hydroxyl groups excluding tert-OH is 1. The summed E-state index contributed by atoms with van der Waals surface area (Å²) in [7, 11) is 1.74. The van der Waals surface area contributed by atoms with Gasteiger partial charge in [-0.3, -0.25) is 4.79 Å². The highest BCUT2D eigenvalue weighted by molar-refractivity contribution is 5.77. The van der Waals surface area contributed by atoms with Crippen LogP contribution in [0.1, 0.15) is 32.1 Å². The Hall–Kier alpha value is -1.51. The van der Waals surface area contributed by atoms with Gasteiger partial charge < -0.3 is 24.0 Å². The zero-order valence-electron chi connectivity index (χ0n) is 14.1. The van der Waals surface area contributed by atoms with E-state index in [2.05, 4.69) is 10.2 Å². The van der Waals surface area contributed by atoms with Gasteiger partial charge in [-0.1, -0.05) is 0 Å². The Morgan fingerprint density at radius 2 is 2.17 bits per heavy atom. The minimum atomic E-state index is -0.245. The standard InChI is InChI=1S/C16H26N4O4/c1-23-16-4-2-13(24-9-8-21)10-14(16)20(7-5-16)15(22)3-6-19-11-17-18-12-19/h11-14,21H,2-10H2,1H3/t13-,14-,16+/m0/s1. The molecular weight excluding hydrogens is 312 g/mol. The van der Waals surface area contributed by atoms with Crippen molar-refractivity contribution in [1.29, 1.82) is 0 Å². The van der Waals surface area contributed by atoms with Crippen molar-refractivity contribution >= 4 is 5.91 Å². The number of amides is 1. The molecular formula is C16H26N4O4. The Balaban J connectivity index is 1.63. The van der Waals surface area contributed by atoms with Crippen LogP contribution in [-0.4, -0.2) is 75.3 Å². The molecule has 1 saturated carbocycles. The van der Waals surface area contributed by atoms with Crippen LogP contribution in [0.5, 0.6) is 0 Å². The highest BCUT2D eigenvalue weighted by Crippen LogP contribution is 2.43. The van der Waals surface area contributed by atoms with Gasteiger partial charge in [-0.2, -0.15) is 0 Å². The van der Waals surface area contributed by atoms with Crippen LogP contribution < -0.4 is 0 Å². The third kappa shape index (κ3) is 3.45. The Morgan fingerprint density at radius 1 is 1.38 bits per heavy atom. The van der Waals surface area contributed by atoms with Crippen molar-refractivity contribution in [2.75, 3.05) is 26.9 Å². The first-order valence-electron chi connectivity index (χ1n) is 8.58. The van der Waals surface area contributed by atoms with Gasteiger partial charge in [-0.05, 0) is 25.7 Å². The van der Waals surface area contributed by atoms with Crippen molar-refractivity contribution in [1.82, 2.24) is 19.7 Å². The number of nitrogens with zero attached hydrogens (tertiary/aromatic N) is 4. The summed E-state index contributed by atoms with van der Waals surface area (Å²) in [5.41, 5.74) is -0.245. The van der Waals surface area contributed by atoms with E-state index in [0.29, 0.717) is 19.6 Å². The van der Waals surface area contributed by atoms with Crippen LogP contribution in [0.15, 0.2) is 12.7 Å². The monoisotopic (exact) mass is 338 g/mol. The highest BCUT2D eigenvalue weighted by atomic mass is 16.5.